The second-order valence-corrected chi connectivity index (χ2v) is 6.49. The van der Waals surface area contributed by atoms with E-state index in [0.29, 0.717) is 12.0 Å². The van der Waals surface area contributed by atoms with Gasteiger partial charge in [-0.25, -0.2) is 4.39 Å². The van der Waals surface area contributed by atoms with Crippen molar-refractivity contribution in [1.82, 2.24) is 4.90 Å². The fourth-order valence-electron chi connectivity index (χ4n) is 3.45. The maximum Gasteiger partial charge on any atom is 0.145 e. The van der Waals surface area contributed by atoms with Gasteiger partial charge in [0.1, 0.15) is 5.82 Å². The van der Waals surface area contributed by atoms with Crippen LogP contribution in [0, 0.1) is 5.82 Å². The zero-order chi connectivity index (χ0) is 14.8. The van der Waals surface area contributed by atoms with Crippen LogP contribution in [0.2, 0.25) is 5.02 Å². The van der Waals surface area contributed by atoms with E-state index in [1.54, 1.807) is 18.2 Å². The van der Waals surface area contributed by atoms with Gasteiger partial charge in [0.2, 0.25) is 0 Å². The summed E-state index contributed by atoms with van der Waals surface area (Å²) in [4.78, 5) is 2.24. The van der Waals surface area contributed by atoms with Crippen molar-refractivity contribution in [1.29, 1.82) is 0 Å². The topological polar surface area (TPSA) is 29.3 Å². The smallest absolute Gasteiger partial charge is 0.145 e. The van der Waals surface area contributed by atoms with Crippen molar-refractivity contribution in [3.63, 3.8) is 0 Å². The lowest BCUT2D eigenvalue weighted by Crippen LogP contribution is -2.59. The minimum absolute atomic E-state index is 0.0208. The Hall–Kier alpha value is -0.640. The number of hydrogen-bond acceptors (Lipinski definition) is 2. The Kier molecular flexibility index (Phi) is 5.05. The molecule has 1 aromatic rings. The number of hydrogen-bond donors (Lipinski definition) is 1. The Labute approximate surface area is 126 Å². The monoisotopic (exact) mass is 298 g/mol. The first-order chi connectivity index (χ1) is 9.47. The van der Waals surface area contributed by atoms with E-state index in [-0.39, 0.29) is 22.4 Å². The molecule has 1 saturated carbocycles. The Morgan fingerprint density at radius 1 is 1.30 bits per heavy atom. The van der Waals surface area contributed by atoms with Gasteiger partial charge >= 0.3 is 0 Å². The average Bonchev–Trinajstić information content (AvgIpc) is 2.44. The Morgan fingerprint density at radius 3 is 2.55 bits per heavy atom. The van der Waals surface area contributed by atoms with E-state index in [4.69, 9.17) is 17.3 Å². The summed E-state index contributed by atoms with van der Waals surface area (Å²) in [6.07, 6.45) is 6.37. The molecule has 2 rings (SSSR count). The molecule has 0 heterocycles. The third-order valence-corrected chi connectivity index (χ3v) is 5.06. The van der Waals surface area contributed by atoms with Gasteiger partial charge in [-0.1, -0.05) is 43.0 Å². The molecular formula is C16H24ClFN2. The molecule has 1 unspecified atom stereocenters. The summed E-state index contributed by atoms with van der Waals surface area (Å²) in [5.41, 5.74) is 7.09. The molecule has 0 aliphatic heterocycles. The third kappa shape index (κ3) is 3.00. The summed E-state index contributed by atoms with van der Waals surface area (Å²) < 4.78 is 14.1. The summed E-state index contributed by atoms with van der Waals surface area (Å²) in [6.45, 7) is 0. The van der Waals surface area contributed by atoms with Crippen molar-refractivity contribution >= 4 is 11.6 Å². The van der Waals surface area contributed by atoms with Crippen LogP contribution in [0.1, 0.15) is 37.7 Å². The van der Waals surface area contributed by atoms with Crippen molar-refractivity contribution in [3.05, 3.63) is 34.6 Å². The molecule has 0 amide bonds. The van der Waals surface area contributed by atoms with Gasteiger partial charge in [-0.15, -0.1) is 0 Å². The zero-order valence-electron chi connectivity index (χ0n) is 12.3. The lowest BCUT2D eigenvalue weighted by molar-refractivity contribution is 0.0713. The molecular weight excluding hydrogens is 275 g/mol. The minimum atomic E-state index is -0.325. The molecule has 1 aliphatic carbocycles. The number of nitrogens with zero attached hydrogens (tertiary/aromatic N) is 1. The molecule has 1 aromatic carbocycles. The van der Waals surface area contributed by atoms with Crippen LogP contribution in [0.3, 0.4) is 0 Å². The van der Waals surface area contributed by atoms with Gasteiger partial charge in [0.25, 0.3) is 0 Å². The quantitative estimate of drug-likeness (QED) is 0.920. The van der Waals surface area contributed by atoms with Crippen LogP contribution < -0.4 is 5.73 Å². The van der Waals surface area contributed by atoms with Gasteiger partial charge in [0, 0.05) is 11.6 Å². The second-order valence-electron chi connectivity index (χ2n) is 6.08. The highest BCUT2D eigenvalue weighted by Gasteiger charge is 2.40. The summed E-state index contributed by atoms with van der Waals surface area (Å²) in [5.74, 6) is -0.325. The highest BCUT2D eigenvalue weighted by Crippen LogP contribution is 2.36. The Bertz CT molecular complexity index is 456. The second kappa shape index (κ2) is 6.42. The van der Waals surface area contributed by atoms with Gasteiger partial charge in [0.05, 0.1) is 5.02 Å². The molecule has 4 heteroatoms. The van der Waals surface area contributed by atoms with Crippen molar-refractivity contribution < 1.29 is 4.39 Å². The zero-order valence-corrected chi connectivity index (χ0v) is 13.1. The first kappa shape index (κ1) is 15.7. The summed E-state index contributed by atoms with van der Waals surface area (Å²) >= 11 is 5.85. The van der Waals surface area contributed by atoms with Crippen LogP contribution >= 0.6 is 11.6 Å². The van der Waals surface area contributed by atoms with Gasteiger partial charge in [0.15, 0.2) is 0 Å². The molecule has 20 heavy (non-hydrogen) atoms. The number of likely N-dealkylation sites (N-methyl/N-ethyl adjacent to an activating group) is 1. The largest absolute Gasteiger partial charge is 0.326 e. The molecule has 0 spiro atoms. The summed E-state index contributed by atoms with van der Waals surface area (Å²) in [6, 6.07) is 5.07. The molecule has 1 fully saturated rings. The van der Waals surface area contributed by atoms with E-state index < -0.39 is 0 Å². The first-order valence-electron chi connectivity index (χ1n) is 7.33. The first-order valence-corrected chi connectivity index (χ1v) is 7.71. The number of rotatable bonds is 4. The molecule has 1 atom stereocenters. The number of nitrogens with two attached hydrogens (primary N) is 1. The lowest BCUT2D eigenvalue weighted by Gasteiger charge is -2.47. The maximum atomic E-state index is 14.1. The van der Waals surface area contributed by atoms with E-state index in [9.17, 15) is 4.39 Å². The van der Waals surface area contributed by atoms with Crippen LogP contribution in [-0.4, -0.2) is 30.6 Å². The van der Waals surface area contributed by atoms with E-state index in [1.807, 2.05) is 0 Å². The fraction of sp³-hybridized carbons (Fsp3) is 0.625. The van der Waals surface area contributed by atoms with E-state index in [2.05, 4.69) is 19.0 Å². The van der Waals surface area contributed by atoms with E-state index in [0.717, 1.165) is 12.8 Å². The lowest BCUT2D eigenvalue weighted by atomic mass is 9.74. The molecule has 112 valence electrons. The molecule has 2 N–H and O–H groups in total. The number of halogens is 2. The van der Waals surface area contributed by atoms with Crippen LogP contribution in [0.25, 0.3) is 0 Å². The van der Waals surface area contributed by atoms with Crippen molar-refractivity contribution in [2.45, 2.75) is 50.1 Å². The van der Waals surface area contributed by atoms with Crippen molar-refractivity contribution in [2.24, 2.45) is 5.73 Å². The molecule has 0 bridgehead atoms. The average molecular weight is 299 g/mol. The van der Waals surface area contributed by atoms with Gasteiger partial charge in [-0.2, -0.15) is 0 Å². The van der Waals surface area contributed by atoms with Crippen LogP contribution in [0.4, 0.5) is 4.39 Å². The molecule has 2 nitrogen and oxygen atoms in total. The van der Waals surface area contributed by atoms with Crippen molar-refractivity contribution in [3.8, 4) is 0 Å². The Balaban J connectivity index is 2.20. The van der Waals surface area contributed by atoms with Crippen LogP contribution in [0.15, 0.2) is 18.2 Å². The van der Waals surface area contributed by atoms with E-state index in [1.165, 1.54) is 19.3 Å². The highest BCUT2D eigenvalue weighted by atomic mass is 35.5. The SMILES string of the molecule is CN(C)C1(C(N)Cc2cccc(Cl)c2F)CCCCC1. The maximum absolute atomic E-state index is 14.1. The molecule has 0 aromatic heterocycles. The summed E-state index contributed by atoms with van der Waals surface area (Å²) in [5, 5.41) is 0.178. The minimum Gasteiger partial charge on any atom is -0.326 e. The number of benzene rings is 1. The Morgan fingerprint density at radius 2 is 1.95 bits per heavy atom. The van der Waals surface area contributed by atoms with Gasteiger partial charge < -0.3 is 10.6 Å². The van der Waals surface area contributed by atoms with Crippen LogP contribution in [-0.2, 0) is 6.42 Å². The van der Waals surface area contributed by atoms with E-state index >= 15 is 0 Å². The predicted molar refractivity (Wildman–Crippen MR) is 82.6 cm³/mol. The fourth-order valence-corrected chi connectivity index (χ4v) is 3.64. The van der Waals surface area contributed by atoms with Crippen molar-refractivity contribution in [2.75, 3.05) is 14.1 Å². The standard InChI is InChI=1S/C16H24ClFN2/c1-20(2)16(9-4-3-5-10-16)14(19)11-12-7-6-8-13(17)15(12)18/h6-8,14H,3-5,9-11,19H2,1-2H3. The van der Waals surface area contributed by atoms with Gasteiger partial charge in [-0.05, 0) is 45.0 Å². The summed E-state index contributed by atoms with van der Waals surface area (Å²) in [7, 11) is 4.17. The normalized spacial score (nSPS) is 20.1. The predicted octanol–water partition coefficient (Wildman–Crippen LogP) is 3.61. The molecule has 0 saturated heterocycles. The highest BCUT2D eigenvalue weighted by molar-refractivity contribution is 6.30. The van der Waals surface area contributed by atoms with Crippen LogP contribution in [0.5, 0.6) is 0 Å². The molecule has 0 radical (unpaired) electrons. The molecule has 1 aliphatic rings. The third-order valence-electron chi connectivity index (χ3n) is 4.77. The van der Waals surface area contributed by atoms with Gasteiger partial charge in [-0.3, -0.25) is 0 Å².